The van der Waals surface area contributed by atoms with Crippen LogP contribution >= 0.6 is 0 Å². The monoisotopic (exact) mass is 161 g/mol. The molecule has 1 N–H and O–H groups in total. The van der Waals surface area contributed by atoms with Crippen LogP contribution in [0, 0.1) is 0 Å². The molecular formula is C11H15N. The second-order valence-electron chi connectivity index (χ2n) is 2.75. The van der Waals surface area contributed by atoms with E-state index in [9.17, 15) is 0 Å². The van der Waals surface area contributed by atoms with Gasteiger partial charge in [-0.05, 0) is 18.6 Å². The fraction of sp³-hybridized carbons (Fsp3) is 0.273. The van der Waals surface area contributed by atoms with E-state index in [1.54, 1.807) is 6.08 Å². The van der Waals surface area contributed by atoms with Gasteiger partial charge in [0.25, 0.3) is 0 Å². The highest BCUT2D eigenvalue weighted by molar-refractivity contribution is 5.28. The predicted octanol–water partition coefficient (Wildman–Crippen LogP) is 2.55. The van der Waals surface area contributed by atoms with E-state index in [4.69, 9.17) is 0 Å². The summed E-state index contributed by atoms with van der Waals surface area (Å²) in [6.45, 7) is 6.72. The fourth-order valence-corrected chi connectivity index (χ4v) is 1.05. The van der Waals surface area contributed by atoms with Crippen molar-refractivity contribution < 1.29 is 0 Å². The van der Waals surface area contributed by atoms with Crippen molar-refractivity contribution in [2.24, 2.45) is 0 Å². The van der Waals surface area contributed by atoms with E-state index < -0.39 is 0 Å². The quantitative estimate of drug-likeness (QED) is 0.625. The minimum absolute atomic E-state index is 1.01. The van der Waals surface area contributed by atoms with Crippen LogP contribution in [0.15, 0.2) is 48.2 Å². The SMILES string of the molecule is C=C/C=C\C(=C/C)CC1=CCN1. The van der Waals surface area contributed by atoms with Crippen LogP contribution < -0.4 is 5.32 Å². The fourth-order valence-electron chi connectivity index (χ4n) is 1.05. The molecule has 0 radical (unpaired) electrons. The lowest BCUT2D eigenvalue weighted by Crippen LogP contribution is -2.23. The Labute approximate surface area is 74.2 Å². The third kappa shape index (κ3) is 2.42. The van der Waals surface area contributed by atoms with Crippen molar-refractivity contribution in [3.8, 4) is 0 Å². The molecule has 0 saturated heterocycles. The first-order chi connectivity index (χ1) is 5.86. The Morgan fingerprint density at radius 2 is 2.50 bits per heavy atom. The van der Waals surface area contributed by atoms with E-state index in [2.05, 4.69) is 37.0 Å². The summed E-state index contributed by atoms with van der Waals surface area (Å²) >= 11 is 0. The van der Waals surface area contributed by atoms with Crippen molar-refractivity contribution in [1.29, 1.82) is 0 Å². The molecule has 1 aliphatic heterocycles. The summed E-state index contributed by atoms with van der Waals surface area (Å²) in [5.41, 5.74) is 2.66. The average Bonchev–Trinajstić information content (AvgIpc) is 2.02. The van der Waals surface area contributed by atoms with Crippen LogP contribution in [-0.4, -0.2) is 6.54 Å². The Morgan fingerprint density at radius 1 is 1.75 bits per heavy atom. The largest absolute Gasteiger partial charge is 0.385 e. The molecule has 0 aromatic heterocycles. The van der Waals surface area contributed by atoms with Gasteiger partial charge in [-0.1, -0.05) is 30.9 Å². The van der Waals surface area contributed by atoms with Crippen molar-refractivity contribution in [2.75, 3.05) is 6.54 Å². The Kier molecular flexibility index (Phi) is 3.39. The smallest absolute Gasteiger partial charge is 0.0347 e. The lowest BCUT2D eigenvalue weighted by Gasteiger charge is -2.17. The molecule has 1 nitrogen and oxygen atoms in total. The molecule has 1 rings (SSSR count). The van der Waals surface area contributed by atoms with E-state index in [1.165, 1.54) is 11.3 Å². The molecular weight excluding hydrogens is 146 g/mol. The van der Waals surface area contributed by atoms with E-state index in [0.29, 0.717) is 0 Å². The molecule has 0 fully saturated rings. The first-order valence-corrected chi connectivity index (χ1v) is 4.24. The first-order valence-electron chi connectivity index (χ1n) is 4.24. The summed E-state index contributed by atoms with van der Waals surface area (Å²) in [7, 11) is 0. The van der Waals surface area contributed by atoms with Gasteiger partial charge < -0.3 is 5.32 Å². The van der Waals surface area contributed by atoms with Gasteiger partial charge in [-0.15, -0.1) is 0 Å². The Bertz CT molecular complexity index is 244. The average molecular weight is 161 g/mol. The lowest BCUT2D eigenvalue weighted by atomic mass is 10.1. The molecule has 0 unspecified atom stereocenters. The van der Waals surface area contributed by atoms with Crippen LogP contribution in [0.25, 0.3) is 0 Å². The number of hydrogen-bond acceptors (Lipinski definition) is 1. The van der Waals surface area contributed by atoms with Gasteiger partial charge in [0.15, 0.2) is 0 Å². The van der Waals surface area contributed by atoms with Crippen LogP contribution in [-0.2, 0) is 0 Å². The number of nitrogens with one attached hydrogen (secondary N) is 1. The summed E-state index contributed by atoms with van der Waals surface area (Å²) in [6.07, 6.45) is 11.2. The van der Waals surface area contributed by atoms with Crippen LogP contribution in [0.3, 0.4) is 0 Å². The summed E-state index contributed by atoms with van der Waals surface area (Å²) in [6, 6.07) is 0. The van der Waals surface area contributed by atoms with Gasteiger partial charge in [0, 0.05) is 18.7 Å². The molecule has 1 heterocycles. The third-order valence-electron chi connectivity index (χ3n) is 1.89. The summed E-state index contributed by atoms with van der Waals surface area (Å²) in [4.78, 5) is 0. The van der Waals surface area contributed by atoms with Gasteiger partial charge in [0.05, 0.1) is 0 Å². The topological polar surface area (TPSA) is 12.0 Å². The normalized spacial score (nSPS) is 16.8. The lowest BCUT2D eigenvalue weighted by molar-refractivity contribution is 0.774. The molecule has 0 bridgehead atoms. The number of hydrogen-bond donors (Lipinski definition) is 1. The maximum Gasteiger partial charge on any atom is 0.0347 e. The Morgan fingerprint density at radius 3 is 2.92 bits per heavy atom. The molecule has 0 aromatic rings. The molecule has 1 aliphatic rings. The Balaban J connectivity index is 2.46. The highest BCUT2D eigenvalue weighted by Gasteiger charge is 2.03. The maximum absolute atomic E-state index is 3.64. The van der Waals surface area contributed by atoms with E-state index in [1.807, 2.05) is 6.08 Å². The number of allylic oxidation sites excluding steroid dienone is 5. The van der Waals surface area contributed by atoms with Crippen molar-refractivity contribution in [2.45, 2.75) is 13.3 Å². The third-order valence-corrected chi connectivity index (χ3v) is 1.89. The van der Waals surface area contributed by atoms with Crippen molar-refractivity contribution >= 4 is 0 Å². The van der Waals surface area contributed by atoms with Gasteiger partial charge in [-0.2, -0.15) is 0 Å². The van der Waals surface area contributed by atoms with Crippen molar-refractivity contribution in [3.05, 3.63) is 48.2 Å². The van der Waals surface area contributed by atoms with E-state index >= 15 is 0 Å². The first kappa shape index (κ1) is 8.85. The van der Waals surface area contributed by atoms with Gasteiger partial charge in [0.1, 0.15) is 0 Å². The van der Waals surface area contributed by atoms with Gasteiger partial charge in [-0.3, -0.25) is 0 Å². The summed E-state index contributed by atoms with van der Waals surface area (Å²) in [5.74, 6) is 0. The molecule has 0 aliphatic carbocycles. The van der Waals surface area contributed by atoms with Gasteiger partial charge >= 0.3 is 0 Å². The molecule has 0 aromatic carbocycles. The zero-order chi connectivity index (χ0) is 8.81. The minimum Gasteiger partial charge on any atom is -0.385 e. The molecule has 0 amide bonds. The second-order valence-corrected chi connectivity index (χ2v) is 2.75. The van der Waals surface area contributed by atoms with Crippen LogP contribution in [0.1, 0.15) is 13.3 Å². The second kappa shape index (κ2) is 4.60. The highest BCUT2D eigenvalue weighted by atomic mass is 14.9. The van der Waals surface area contributed by atoms with Crippen molar-refractivity contribution in [3.63, 3.8) is 0 Å². The number of rotatable bonds is 4. The molecule has 0 atom stereocenters. The standard InChI is InChI=1S/C11H15N/c1-3-5-6-10(4-2)9-11-7-8-12-11/h3-7,12H,1,8-9H2,2H3/b6-5-,10-4+. The van der Waals surface area contributed by atoms with Gasteiger partial charge in [0.2, 0.25) is 0 Å². The summed E-state index contributed by atoms with van der Waals surface area (Å²) < 4.78 is 0. The van der Waals surface area contributed by atoms with Crippen LogP contribution in [0.5, 0.6) is 0 Å². The molecule has 0 saturated carbocycles. The van der Waals surface area contributed by atoms with E-state index in [0.717, 1.165) is 13.0 Å². The van der Waals surface area contributed by atoms with Gasteiger partial charge in [-0.25, -0.2) is 0 Å². The highest BCUT2D eigenvalue weighted by Crippen LogP contribution is 2.13. The zero-order valence-electron chi connectivity index (χ0n) is 7.51. The molecule has 1 heteroatoms. The summed E-state index contributed by atoms with van der Waals surface area (Å²) in [5, 5.41) is 3.25. The molecule has 12 heavy (non-hydrogen) atoms. The molecule has 0 spiro atoms. The van der Waals surface area contributed by atoms with Crippen molar-refractivity contribution in [1.82, 2.24) is 5.32 Å². The minimum atomic E-state index is 1.01. The predicted molar refractivity (Wildman–Crippen MR) is 53.8 cm³/mol. The van der Waals surface area contributed by atoms with E-state index in [-0.39, 0.29) is 0 Å². The Hall–Kier alpha value is -1.24. The zero-order valence-corrected chi connectivity index (χ0v) is 7.51. The van der Waals surface area contributed by atoms with Crippen LogP contribution in [0.2, 0.25) is 0 Å². The molecule has 64 valence electrons. The maximum atomic E-state index is 3.64. The van der Waals surface area contributed by atoms with Crippen LogP contribution in [0.4, 0.5) is 0 Å².